The molecule has 15 heavy (non-hydrogen) atoms. The predicted octanol–water partition coefficient (Wildman–Crippen LogP) is 3.33. The van der Waals surface area contributed by atoms with Crippen LogP contribution in [0.5, 0.6) is 0 Å². The Hall–Kier alpha value is -0.410. The fraction of sp³-hybridized carbons (Fsp3) is 0.750. The van der Waals surface area contributed by atoms with Gasteiger partial charge >= 0.3 is 0 Å². The van der Waals surface area contributed by atoms with Crippen LogP contribution in [0.3, 0.4) is 0 Å². The normalized spacial score (nSPS) is 13.0. The molecule has 0 fully saturated rings. The van der Waals surface area contributed by atoms with Gasteiger partial charge < -0.3 is 5.73 Å². The molecule has 1 heterocycles. The van der Waals surface area contributed by atoms with Gasteiger partial charge in [0.15, 0.2) is 0 Å². The van der Waals surface area contributed by atoms with Gasteiger partial charge in [-0.1, -0.05) is 33.1 Å². The maximum atomic E-state index is 5.62. The van der Waals surface area contributed by atoms with E-state index >= 15 is 0 Å². The van der Waals surface area contributed by atoms with Crippen molar-refractivity contribution in [2.45, 2.75) is 51.9 Å². The predicted molar refractivity (Wildman–Crippen MR) is 67.4 cm³/mol. The minimum atomic E-state index is 0.416. The van der Waals surface area contributed by atoms with Gasteiger partial charge in [0.25, 0.3) is 0 Å². The lowest BCUT2D eigenvalue weighted by Gasteiger charge is -2.02. The molecule has 2 N–H and O–H groups in total. The van der Waals surface area contributed by atoms with E-state index in [0.717, 1.165) is 6.42 Å². The zero-order valence-electron chi connectivity index (χ0n) is 9.83. The molecule has 86 valence electrons. The Morgan fingerprint density at radius 2 is 2.20 bits per heavy atom. The summed E-state index contributed by atoms with van der Waals surface area (Å²) in [5.41, 5.74) is 6.88. The number of unbranched alkanes of at least 4 members (excludes halogenated alkanes) is 3. The van der Waals surface area contributed by atoms with Crippen LogP contribution in [-0.2, 0) is 6.42 Å². The second-order valence-corrected chi connectivity index (χ2v) is 5.01. The summed E-state index contributed by atoms with van der Waals surface area (Å²) < 4.78 is 0. The second kappa shape index (κ2) is 6.96. The lowest BCUT2D eigenvalue weighted by atomic mass is 10.1. The zero-order valence-corrected chi connectivity index (χ0v) is 10.6. The number of aromatic nitrogens is 1. The first-order valence-electron chi connectivity index (χ1n) is 5.92. The molecule has 0 aliphatic rings. The maximum Gasteiger partial charge on any atom is 0.0969 e. The number of nitrogens with two attached hydrogens (primary N) is 1. The standard InChI is InChI=1S/C12H22N2S/c1-3-4-5-6-7-11-9-15-12(14-11)10(2)8-13/h9-10H,3-8,13H2,1-2H3. The van der Waals surface area contributed by atoms with Crippen molar-refractivity contribution in [3.8, 4) is 0 Å². The van der Waals surface area contributed by atoms with Gasteiger partial charge in [0.05, 0.1) is 10.7 Å². The molecule has 0 saturated heterocycles. The van der Waals surface area contributed by atoms with Gasteiger partial charge in [0, 0.05) is 17.8 Å². The van der Waals surface area contributed by atoms with Gasteiger partial charge in [0.1, 0.15) is 0 Å². The van der Waals surface area contributed by atoms with E-state index in [-0.39, 0.29) is 0 Å². The first kappa shape index (κ1) is 12.7. The highest BCUT2D eigenvalue weighted by atomic mass is 32.1. The number of thiazole rings is 1. The lowest BCUT2D eigenvalue weighted by molar-refractivity contribution is 0.659. The third kappa shape index (κ3) is 4.31. The summed E-state index contributed by atoms with van der Waals surface area (Å²) in [5.74, 6) is 0.416. The quantitative estimate of drug-likeness (QED) is 0.724. The minimum Gasteiger partial charge on any atom is -0.330 e. The molecule has 1 atom stereocenters. The van der Waals surface area contributed by atoms with E-state index < -0.39 is 0 Å². The van der Waals surface area contributed by atoms with Crippen molar-refractivity contribution in [2.75, 3.05) is 6.54 Å². The smallest absolute Gasteiger partial charge is 0.0969 e. The van der Waals surface area contributed by atoms with Gasteiger partial charge in [-0.3, -0.25) is 0 Å². The summed E-state index contributed by atoms with van der Waals surface area (Å²) >= 11 is 1.75. The van der Waals surface area contributed by atoms with Crippen molar-refractivity contribution in [3.05, 3.63) is 16.1 Å². The monoisotopic (exact) mass is 226 g/mol. The van der Waals surface area contributed by atoms with E-state index in [0.29, 0.717) is 12.5 Å². The first-order valence-corrected chi connectivity index (χ1v) is 6.80. The first-order chi connectivity index (χ1) is 7.27. The van der Waals surface area contributed by atoms with E-state index in [4.69, 9.17) is 5.73 Å². The van der Waals surface area contributed by atoms with E-state index in [9.17, 15) is 0 Å². The van der Waals surface area contributed by atoms with Crippen LogP contribution < -0.4 is 5.73 Å². The molecule has 3 heteroatoms. The summed E-state index contributed by atoms with van der Waals surface area (Å²) in [6, 6.07) is 0. The third-order valence-corrected chi connectivity index (χ3v) is 3.76. The molecule has 0 bridgehead atoms. The summed E-state index contributed by atoms with van der Waals surface area (Å²) in [5, 5.41) is 3.39. The highest BCUT2D eigenvalue weighted by Gasteiger charge is 2.08. The Morgan fingerprint density at radius 3 is 2.87 bits per heavy atom. The molecule has 0 aliphatic carbocycles. The van der Waals surface area contributed by atoms with E-state index in [1.165, 1.54) is 36.4 Å². The SMILES string of the molecule is CCCCCCc1csc(C(C)CN)n1. The Kier molecular flexibility index (Phi) is 5.88. The lowest BCUT2D eigenvalue weighted by Crippen LogP contribution is -2.08. The summed E-state index contributed by atoms with van der Waals surface area (Å²) in [7, 11) is 0. The van der Waals surface area contributed by atoms with Gasteiger partial charge in [0.2, 0.25) is 0 Å². The average Bonchev–Trinajstić information content (AvgIpc) is 2.72. The van der Waals surface area contributed by atoms with Crippen molar-refractivity contribution in [3.63, 3.8) is 0 Å². The Morgan fingerprint density at radius 1 is 1.40 bits per heavy atom. The Bertz CT molecular complexity index is 270. The summed E-state index contributed by atoms with van der Waals surface area (Å²) in [4.78, 5) is 4.62. The summed E-state index contributed by atoms with van der Waals surface area (Å²) in [6.07, 6.45) is 6.38. The van der Waals surface area contributed by atoms with Gasteiger partial charge in [-0.15, -0.1) is 11.3 Å². The van der Waals surface area contributed by atoms with Crippen molar-refractivity contribution in [1.29, 1.82) is 0 Å². The molecule has 0 aromatic carbocycles. The topological polar surface area (TPSA) is 38.9 Å². The van der Waals surface area contributed by atoms with Crippen molar-refractivity contribution in [1.82, 2.24) is 4.98 Å². The molecule has 1 aromatic rings. The van der Waals surface area contributed by atoms with Gasteiger partial charge in [-0.25, -0.2) is 4.98 Å². The second-order valence-electron chi connectivity index (χ2n) is 4.12. The van der Waals surface area contributed by atoms with Crippen LogP contribution in [-0.4, -0.2) is 11.5 Å². The van der Waals surface area contributed by atoms with Crippen LogP contribution in [0.15, 0.2) is 5.38 Å². The van der Waals surface area contributed by atoms with Crippen LogP contribution in [0.1, 0.15) is 56.2 Å². The molecule has 0 spiro atoms. The van der Waals surface area contributed by atoms with Crippen LogP contribution >= 0.6 is 11.3 Å². The number of nitrogens with zero attached hydrogens (tertiary/aromatic N) is 1. The molecule has 2 nitrogen and oxygen atoms in total. The number of hydrogen-bond donors (Lipinski definition) is 1. The average molecular weight is 226 g/mol. The minimum absolute atomic E-state index is 0.416. The van der Waals surface area contributed by atoms with Crippen LogP contribution in [0.4, 0.5) is 0 Å². The van der Waals surface area contributed by atoms with E-state index in [1.54, 1.807) is 11.3 Å². The summed E-state index contributed by atoms with van der Waals surface area (Å²) in [6.45, 7) is 5.08. The number of rotatable bonds is 7. The van der Waals surface area contributed by atoms with Gasteiger partial charge in [-0.05, 0) is 12.8 Å². The fourth-order valence-electron chi connectivity index (χ4n) is 1.50. The van der Waals surface area contributed by atoms with Gasteiger partial charge in [-0.2, -0.15) is 0 Å². The van der Waals surface area contributed by atoms with Crippen LogP contribution in [0, 0.1) is 0 Å². The molecular weight excluding hydrogens is 204 g/mol. The molecule has 0 aliphatic heterocycles. The molecule has 0 radical (unpaired) electrons. The molecule has 1 unspecified atom stereocenters. The molecular formula is C12H22N2S. The largest absolute Gasteiger partial charge is 0.330 e. The van der Waals surface area contributed by atoms with E-state index in [2.05, 4.69) is 24.2 Å². The zero-order chi connectivity index (χ0) is 11.1. The highest BCUT2D eigenvalue weighted by molar-refractivity contribution is 7.09. The molecule has 1 aromatic heterocycles. The number of hydrogen-bond acceptors (Lipinski definition) is 3. The van der Waals surface area contributed by atoms with E-state index in [1.807, 2.05) is 0 Å². The fourth-order valence-corrected chi connectivity index (χ4v) is 2.42. The molecule has 1 rings (SSSR count). The third-order valence-electron chi connectivity index (χ3n) is 2.63. The highest BCUT2D eigenvalue weighted by Crippen LogP contribution is 2.20. The number of aryl methyl sites for hydroxylation is 1. The van der Waals surface area contributed by atoms with Crippen molar-refractivity contribution < 1.29 is 0 Å². The molecule has 0 saturated carbocycles. The maximum absolute atomic E-state index is 5.62. The van der Waals surface area contributed by atoms with Crippen molar-refractivity contribution in [2.24, 2.45) is 5.73 Å². The van der Waals surface area contributed by atoms with Crippen molar-refractivity contribution >= 4 is 11.3 Å². The van der Waals surface area contributed by atoms with Crippen LogP contribution in [0.2, 0.25) is 0 Å². The Labute approximate surface area is 96.9 Å². The Balaban J connectivity index is 2.33. The van der Waals surface area contributed by atoms with Crippen LogP contribution in [0.25, 0.3) is 0 Å². The molecule has 0 amide bonds.